The summed E-state index contributed by atoms with van der Waals surface area (Å²) >= 11 is 1.34. The van der Waals surface area contributed by atoms with E-state index in [1.807, 2.05) is 29.2 Å². The van der Waals surface area contributed by atoms with E-state index in [0.29, 0.717) is 11.1 Å². The standard InChI is InChI=1S/C22H31N3O5S2/c1-14(2)15-6-8-16(9-7-15)25-17-12-32(28,29)13-18(17)31-20(25)24-19(26)10-11-23-21(27)30-22(3,4)5/h6-9,14,17-18H,10-13H2,1-5H3,(H,23,27)/t17-,18+/m1/s1. The van der Waals surface area contributed by atoms with Gasteiger partial charge in [-0.15, -0.1) is 0 Å². The van der Waals surface area contributed by atoms with Crippen LogP contribution in [-0.2, 0) is 19.4 Å². The molecule has 32 heavy (non-hydrogen) atoms. The van der Waals surface area contributed by atoms with Crippen LogP contribution in [-0.4, -0.2) is 60.5 Å². The number of fused-ring (bicyclic) bond motifs is 1. The lowest BCUT2D eigenvalue weighted by Gasteiger charge is -2.25. The van der Waals surface area contributed by atoms with Crippen LogP contribution >= 0.6 is 11.8 Å². The minimum atomic E-state index is -3.12. The molecule has 2 saturated heterocycles. The second-order valence-corrected chi connectivity index (χ2v) is 12.7. The Morgan fingerprint density at radius 2 is 1.88 bits per heavy atom. The van der Waals surface area contributed by atoms with Crippen LogP contribution in [0.1, 0.15) is 52.5 Å². The molecule has 1 aromatic rings. The number of alkyl carbamates (subject to hydrolysis) is 1. The summed E-state index contributed by atoms with van der Waals surface area (Å²) in [7, 11) is -3.12. The zero-order valence-electron chi connectivity index (χ0n) is 19.1. The number of amides is 2. The van der Waals surface area contributed by atoms with E-state index in [1.165, 1.54) is 17.3 Å². The highest BCUT2D eigenvalue weighted by Gasteiger charge is 2.49. The summed E-state index contributed by atoms with van der Waals surface area (Å²) in [6.45, 7) is 9.62. The lowest BCUT2D eigenvalue weighted by molar-refractivity contribution is -0.117. The van der Waals surface area contributed by atoms with Crippen molar-refractivity contribution in [3.05, 3.63) is 29.8 Å². The lowest BCUT2D eigenvalue weighted by Crippen LogP contribution is -2.37. The van der Waals surface area contributed by atoms with E-state index in [-0.39, 0.29) is 41.7 Å². The molecule has 2 fully saturated rings. The summed E-state index contributed by atoms with van der Waals surface area (Å²) in [4.78, 5) is 30.4. The lowest BCUT2D eigenvalue weighted by atomic mass is 10.0. The Balaban J connectivity index is 1.73. The first-order valence-corrected chi connectivity index (χ1v) is 13.4. The minimum absolute atomic E-state index is 0.0249. The molecular formula is C22H31N3O5S2. The molecule has 0 spiro atoms. The fraction of sp³-hybridized carbons (Fsp3) is 0.591. The van der Waals surface area contributed by atoms with Gasteiger partial charge in [0.1, 0.15) is 5.60 Å². The molecule has 2 aliphatic rings. The second-order valence-electron chi connectivity index (χ2n) is 9.38. The van der Waals surface area contributed by atoms with Crippen LogP contribution < -0.4 is 10.2 Å². The average molecular weight is 482 g/mol. The topological polar surface area (TPSA) is 105 Å². The molecule has 0 unspecified atom stereocenters. The van der Waals surface area contributed by atoms with Gasteiger partial charge in [0, 0.05) is 23.9 Å². The third-order valence-electron chi connectivity index (χ3n) is 5.13. The molecule has 2 heterocycles. The van der Waals surface area contributed by atoms with Gasteiger partial charge in [-0.3, -0.25) is 4.79 Å². The van der Waals surface area contributed by atoms with Crippen molar-refractivity contribution in [3.8, 4) is 0 Å². The molecule has 10 heteroatoms. The number of nitrogens with one attached hydrogen (secondary N) is 1. The number of nitrogens with zero attached hydrogens (tertiary/aromatic N) is 2. The van der Waals surface area contributed by atoms with Crippen LogP contribution in [0, 0.1) is 0 Å². The molecule has 0 radical (unpaired) electrons. The Kier molecular flexibility index (Phi) is 7.24. The fourth-order valence-electron chi connectivity index (χ4n) is 3.63. The van der Waals surface area contributed by atoms with Gasteiger partial charge >= 0.3 is 6.09 Å². The molecule has 0 saturated carbocycles. The molecule has 2 amide bonds. The Hall–Kier alpha value is -2.07. The van der Waals surface area contributed by atoms with E-state index >= 15 is 0 Å². The fourth-order valence-corrected chi connectivity index (χ4v) is 7.57. The van der Waals surface area contributed by atoms with Crippen molar-refractivity contribution < 1.29 is 22.7 Å². The average Bonchev–Trinajstić information content (AvgIpc) is 3.10. The molecule has 8 nitrogen and oxygen atoms in total. The smallest absolute Gasteiger partial charge is 0.407 e. The molecule has 1 aromatic carbocycles. The highest BCUT2D eigenvalue weighted by atomic mass is 32.2. The first-order chi connectivity index (χ1) is 14.8. The Morgan fingerprint density at radius 3 is 2.47 bits per heavy atom. The Labute approximate surface area is 194 Å². The van der Waals surface area contributed by atoms with E-state index in [1.54, 1.807) is 20.8 Å². The third-order valence-corrected chi connectivity index (χ3v) is 8.34. The van der Waals surface area contributed by atoms with Crippen molar-refractivity contribution in [2.75, 3.05) is 23.0 Å². The van der Waals surface area contributed by atoms with Crippen molar-refractivity contribution >= 4 is 44.5 Å². The van der Waals surface area contributed by atoms with Crippen molar-refractivity contribution in [3.63, 3.8) is 0 Å². The predicted octanol–water partition coefficient (Wildman–Crippen LogP) is 3.33. The number of hydrogen-bond donors (Lipinski definition) is 1. The number of hydrogen-bond acceptors (Lipinski definition) is 6. The van der Waals surface area contributed by atoms with E-state index in [9.17, 15) is 18.0 Å². The van der Waals surface area contributed by atoms with E-state index in [4.69, 9.17) is 4.74 Å². The number of thioether (sulfide) groups is 1. The van der Waals surface area contributed by atoms with Gasteiger partial charge in [-0.1, -0.05) is 37.7 Å². The second kappa shape index (κ2) is 9.43. The third kappa shape index (κ3) is 6.25. The number of aliphatic imine (C=N–C) groups is 1. The maximum Gasteiger partial charge on any atom is 0.407 e. The van der Waals surface area contributed by atoms with Gasteiger partial charge in [0.25, 0.3) is 0 Å². The summed E-state index contributed by atoms with van der Waals surface area (Å²) in [6.07, 6.45) is -0.559. The van der Waals surface area contributed by atoms with E-state index in [0.717, 1.165) is 5.69 Å². The van der Waals surface area contributed by atoms with Crippen LogP contribution in [0.15, 0.2) is 29.3 Å². The van der Waals surface area contributed by atoms with Gasteiger partial charge in [0.05, 0.1) is 17.5 Å². The predicted molar refractivity (Wildman–Crippen MR) is 128 cm³/mol. The number of amidine groups is 1. The highest BCUT2D eigenvalue weighted by Crippen LogP contribution is 2.41. The van der Waals surface area contributed by atoms with E-state index < -0.39 is 21.5 Å². The molecule has 2 aliphatic heterocycles. The van der Waals surface area contributed by atoms with Crippen molar-refractivity contribution in [2.24, 2.45) is 4.99 Å². The number of anilines is 1. The van der Waals surface area contributed by atoms with Crippen molar-refractivity contribution in [2.45, 2.75) is 63.9 Å². The first kappa shape index (κ1) is 24.6. The van der Waals surface area contributed by atoms with Crippen LogP contribution in [0.2, 0.25) is 0 Å². The van der Waals surface area contributed by atoms with Gasteiger partial charge in [-0.2, -0.15) is 4.99 Å². The Bertz CT molecular complexity index is 997. The van der Waals surface area contributed by atoms with Gasteiger partial charge in [-0.25, -0.2) is 13.2 Å². The van der Waals surface area contributed by atoms with Gasteiger partial charge in [-0.05, 0) is 44.4 Å². The first-order valence-electron chi connectivity index (χ1n) is 10.7. The molecular weight excluding hydrogens is 450 g/mol. The number of carbonyl (C=O) groups is 2. The Morgan fingerprint density at radius 1 is 1.22 bits per heavy atom. The molecule has 176 valence electrons. The summed E-state index contributed by atoms with van der Waals surface area (Å²) in [6, 6.07) is 7.69. The summed E-state index contributed by atoms with van der Waals surface area (Å²) < 4.78 is 29.6. The monoisotopic (exact) mass is 481 g/mol. The zero-order valence-corrected chi connectivity index (χ0v) is 20.8. The SMILES string of the molecule is CC(C)c1ccc(N2C(=NC(=O)CCNC(=O)OC(C)(C)C)S[C@H]3CS(=O)(=O)C[C@H]32)cc1. The molecule has 0 aromatic heterocycles. The van der Waals surface area contributed by atoms with Crippen molar-refractivity contribution in [1.29, 1.82) is 0 Å². The molecule has 0 bridgehead atoms. The quantitative estimate of drug-likeness (QED) is 0.688. The summed E-state index contributed by atoms with van der Waals surface area (Å²) in [5.41, 5.74) is 1.39. The largest absolute Gasteiger partial charge is 0.444 e. The van der Waals surface area contributed by atoms with Gasteiger partial charge < -0.3 is 15.0 Å². The highest BCUT2D eigenvalue weighted by molar-refractivity contribution is 8.16. The molecule has 3 rings (SSSR count). The summed E-state index contributed by atoms with van der Waals surface area (Å²) in [5, 5.41) is 2.91. The zero-order chi connectivity index (χ0) is 23.7. The maximum atomic E-state index is 12.5. The number of carbonyl (C=O) groups excluding carboxylic acids is 2. The van der Waals surface area contributed by atoms with Crippen LogP contribution in [0.3, 0.4) is 0 Å². The number of benzene rings is 1. The number of rotatable bonds is 5. The van der Waals surface area contributed by atoms with Crippen LogP contribution in [0.5, 0.6) is 0 Å². The normalized spacial score (nSPS) is 23.4. The molecule has 1 N–H and O–H groups in total. The van der Waals surface area contributed by atoms with Crippen LogP contribution in [0.25, 0.3) is 0 Å². The van der Waals surface area contributed by atoms with Crippen LogP contribution in [0.4, 0.5) is 10.5 Å². The number of ether oxygens (including phenoxy) is 1. The molecule has 2 atom stereocenters. The maximum absolute atomic E-state index is 12.5. The van der Waals surface area contributed by atoms with Gasteiger partial charge in [0.15, 0.2) is 15.0 Å². The van der Waals surface area contributed by atoms with Gasteiger partial charge in [0.2, 0.25) is 5.91 Å². The summed E-state index contributed by atoms with van der Waals surface area (Å²) in [5.74, 6) is 0.124. The number of sulfone groups is 1. The minimum Gasteiger partial charge on any atom is -0.444 e. The van der Waals surface area contributed by atoms with Crippen molar-refractivity contribution in [1.82, 2.24) is 5.32 Å². The molecule has 0 aliphatic carbocycles. The van der Waals surface area contributed by atoms with E-state index in [2.05, 4.69) is 24.2 Å².